The summed E-state index contributed by atoms with van der Waals surface area (Å²) in [7, 11) is 0. The minimum absolute atomic E-state index is 0.344. The molecule has 0 aliphatic heterocycles. The van der Waals surface area contributed by atoms with Crippen LogP contribution >= 0.6 is 0 Å². The van der Waals surface area contributed by atoms with Crippen LogP contribution in [-0.2, 0) is 9.59 Å². The van der Waals surface area contributed by atoms with Crippen LogP contribution < -0.4 is 0 Å². The third-order valence-electron chi connectivity index (χ3n) is 4.91. The van der Waals surface area contributed by atoms with E-state index < -0.39 is 24.6 Å². The van der Waals surface area contributed by atoms with Gasteiger partial charge in [-0.3, -0.25) is 4.79 Å². The molecule has 6 heteroatoms. The van der Waals surface area contributed by atoms with Crippen LogP contribution in [0.2, 0.25) is 0 Å². The molecule has 188 valence electrons. The van der Waals surface area contributed by atoms with Gasteiger partial charge in [-0.15, -0.1) is 0 Å². The molecule has 6 nitrogen and oxygen atoms in total. The fraction of sp³-hybridized carbons (Fsp3) is 0.920. The van der Waals surface area contributed by atoms with E-state index in [0.29, 0.717) is 6.42 Å². The summed E-state index contributed by atoms with van der Waals surface area (Å²) < 4.78 is 0. The average Bonchev–Trinajstić information content (AvgIpc) is 2.75. The van der Waals surface area contributed by atoms with Gasteiger partial charge in [0.1, 0.15) is 0 Å². The lowest BCUT2D eigenvalue weighted by atomic mass is 10.1. The van der Waals surface area contributed by atoms with Gasteiger partial charge in [-0.1, -0.05) is 124 Å². The molecular formula is C25H52O6. The van der Waals surface area contributed by atoms with E-state index >= 15 is 0 Å². The Morgan fingerprint density at radius 3 is 1.06 bits per heavy atom. The van der Waals surface area contributed by atoms with Crippen molar-refractivity contribution in [2.45, 2.75) is 142 Å². The summed E-state index contributed by atoms with van der Waals surface area (Å²) in [5.74, 6) is -2.06. The van der Waals surface area contributed by atoms with Gasteiger partial charge in [0.05, 0.1) is 6.61 Å². The Morgan fingerprint density at radius 2 is 0.871 bits per heavy atom. The molecule has 0 aromatic carbocycles. The average molecular weight is 449 g/mol. The molecule has 0 aliphatic carbocycles. The minimum Gasteiger partial charge on any atom is -0.481 e. The van der Waals surface area contributed by atoms with Crippen LogP contribution in [0.25, 0.3) is 0 Å². The summed E-state index contributed by atoms with van der Waals surface area (Å²) in [5, 5.41) is 32.2. The largest absolute Gasteiger partial charge is 0.481 e. The van der Waals surface area contributed by atoms with Gasteiger partial charge in [0, 0.05) is 6.42 Å². The number of aliphatic carboxylic acids is 2. The summed E-state index contributed by atoms with van der Waals surface area (Å²) >= 11 is 0. The number of aliphatic hydroxyl groups excluding tert-OH is 2. The van der Waals surface area contributed by atoms with Gasteiger partial charge in [-0.25, -0.2) is 4.79 Å². The summed E-state index contributed by atoms with van der Waals surface area (Å²) in [6, 6.07) is 0. The molecule has 0 amide bonds. The molecule has 0 aromatic heterocycles. The first-order chi connectivity index (χ1) is 14.9. The standard InChI is InChI=1S/C14H28O2.C8H18.C3H6O4/c1-2-3-4-5-6-7-8-9-10-11-12-13-14(15)16;1-3-5-7-8-6-4-2;4-1-2(5)3(6)7/h2-13H2,1H3,(H,15,16);3-8H2,1-2H3;2,4-5H,1H2,(H,6,7). The SMILES string of the molecule is CCCCCCCC.CCCCCCCCCCCCCC(=O)O.O=C(O)C(O)CO. The van der Waals surface area contributed by atoms with Gasteiger partial charge < -0.3 is 20.4 Å². The molecule has 0 saturated heterocycles. The predicted octanol–water partition coefficient (Wildman–Crippen LogP) is 6.56. The highest BCUT2D eigenvalue weighted by Crippen LogP contribution is 2.11. The van der Waals surface area contributed by atoms with Crippen LogP contribution in [0.5, 0.6) is 0 Å². The molecule has 0 rings (SSSR count). The predicted molar refractivity (Wildman–Crippen MR) is 128 cm³/mol. The molecular weight excluding hydrogens is 396 g/mol. The van der Waals surface area contributed by atoms with Crippen molar-refractivity contribution in [3.05, 3.63) is 0 Å². The molecule has 0 spiro atoms. The van der Waals surface area contributed by atoms with Crippen molar-refractivity contribution in [2.24, 2.45) is 0 Å². The summed E-state index contributed by atoms with van der Waals surface area (Å²) in [6.07, 6.45) is 21.2. The van der Waals surface area contributed by atoms with E-state index in [4.69, 9.17) is 20.4 Å². The van der Waals surface area contributed by atoms with Crippen LogP contribution in [0, 0.1) is 0 Å². The number of aliphatic hydroxyl groups is 2. The Balaban J connectivity index is -0.000000435. The maximum atomic E-state index is 10.3. The lowest BCUT2D eigenvalue weighted by Crippen LogP contribution is -2.22. The third-order valence-corrected chi connectivity index (χ3v) is 4.91. The molecule has 0 radical (unpaired) electrons. The van der Waals surface area contributed by atoms with E-state index in [2.05, 4.69) is 20.8 Å². The van der Waals surface area contributed by atoms with E-state index in [1.807, 2.05) is 0 Å². The maximum absolute atomic E-state index is 10.3. The zero-order valence-electron chi connectivity index (χ0n) is 20.6. The highest BCUT2D eigenvalue weighted by molar-refractivity contribution is 5.71. The van der Waals surface area contributed by atoms with Crippen molar-refractivity contribution in [3.8, 4) is 0 Å². The number of carbonyl (C=O) groups is 2. The van der Waals surface area contributed by atoms with Gasteiger partial charge in [-0.05, 0) is 6.42 Å². The summed E-state index contributed by atoms with van der Waals surface area (Å²) in [5.41, 5.74) is 0. The fourth-order valence-corrected chi connectivity index (χ4v) is 2.87. The van der Waals surface area contributed by atoms with Crippen LogP contribution in [0.1, 0.15) is 136 Å². The zero-order chi connectivity index (χ0) is 24.2. The monoisotopic (exact) mass is 448 g/mol. The van der Waals surface area contributed by atoms with Crippen LogP contribution in [0.15, 0.2) is 0 Å². The number of hydrogen-bond acceptors (Lipinski definition) is 4. The lowest BCUT2D eigenvalue weighted by Gasteiger charge is -2.01. The topological polar surface area (TPSA) is 115 Å². The lowest BCUT2D eigenvalue weighted by molar-refractivity contribution is -0.148. The van der Waals surface area contributed by atoms with Gasteiger partial charge in [0.2, 0.25) is 0 Å². The normalized spacial score (nSPS) is 11.0. The number of rotatable bonds is 19. The molecule has 0 fully saturated rings. The molecule has 0 aromatic rings. The van der Waals surface area contributed by atoms with E-state index in [0.717, 1.165) is 12.8 Å². The first-order valence-corrected chi connectivity index (χ1v) is 12.6. The first-order valence-electron chi connectivity index (χ1n) is 12.6. The molecule has 0 aliphatic rings. The van der Waals surface area contributed by atoms with Crippen LogP contribution in [0.3, 0.4) is 0 Å². The number of carboxylic acid groups (broad SMARTS) is 2. The molecule has 4 N–H and O–H groups in total. The highest BCUT2D eigenvalue weighted by Gasteiger charge is 2.09. The first kappa shape index (κ1) is 34.5. The summed E-state index contributed by atoms with van der Waals surface area (Å²) in [4.78, 5) is 19.8. The summed E-state index contributed by atoms with van der Waals surface area (Å²) in [6.45, 7) is 6.03. The zero-order valence-corrected chi connectivity index (χ0v) is 20.6. The van der Waals surface area contributed by atoms with Gasteiger partial charge in [0.25, 0.3) is 0 Å². The Bertz CT molecular complexity index is 354. The van der Waals surface area contributed by atoms with Crippen molar-refractivity contribution in [1.29, 1.82) is 0 Å². The van der Waals surface area contributed by atoms with Crippen molar-refractivity contribution >= 4 is 11.9 Å². The molecule has 0 saturated carbocycles. The van der Waals surface area contributed by atoms with E-state index in [-0.39, 0.29) is 0 Å². The highest BCUT2D eigenvalue weighted by atomic mass is 16.4. The number of unbranched alkanes of at least 4 members (excludes halogenated alkanes) is 15. The third kappa shape index (κ3) is 39.8. The van der Waals surface area contributed by atoms with E-state index in [1.165, 1.54) is 96.3 Å². The molecule has 1 atom stereocenters. The van der Waals surface area contributed by atoms with Crippen molar-refractivity contribution in [2.75, 3.05) is 6.61 Å². The maximum Gasteiger partial charge on any atom is 0.334 e. The number of carboxylic acids is 2. The van der Waals surface area contributed by atoms with E-state index in [9.17, 15) is 9.59 Å². The Hall–Kier alpha value is -1.14. The fourth-order valence-electron chi connectivity index (χ4n) is 2.87. The molecule has 0 bridgehead atoms. The second-order valence-corrected chi connectivity index (χ2v) is 8.13. The number of hydrogen-bond donors (Lipinski definition) is 4. The van der Waals surface area contributed by atoms with E-state index in [1.54, 1.807) is 0 Å². The van der Waals surface area contributed by atoms with Gasteiger partial charge in [-0.2, -0.15) is 0 Å². The van der Waals surface area contributed by atoms with Gasteiger partial charge >= 0.3 is 11.9 Å². The Kier molecular flexibility index (Phi) is 34.5. The van der Waals surface area contributed by atoms with Crippen molar-refractivity contribution in [1.82, 2.24) is 0 Å². The smallest absolute Gasteiger partial charge is 0.334 e. The van der Waals surface area contributed by atoms with Crippen LogP contribution in [0.4, 0.5) is 0 Å². The molecule has 0 heterocycles. The van der Waals surface area contributed by atoms with Crippen LogP contribution in [-0.4, -0.2) is 45.1 Å². The molecule has 1 unspecified atom stereocenters. The second kappa shape index (κ2) is 31.0. The van der Waals surface area contributed by atoms with Gasteiger partial charge in [0.15, 0.2) is 6.10 Å². The van der Waals surface area contributed by atoms with Crippen molar-refractivity contribution in [3.63, 3.8) is 0 Å². The van der Waals surface area contributed by atoms with Crippen molar-refractivity contribution < 1.29 is 30.0 Å². The second-order valence-electron chi connectivity index (χ2n) is 8.13. The quantitative estimate of drug-likeness (QED) is 0.166. The molecule has 31 heavy (non-hydrogen) atoms. The Morgan fingerprint density at radius 1 is 0.581 bits per heavy atom. The Labute approximate surface area is 191 Å². The minimum atomic E-state index is -1.63.